The summed E-state index contributed by atoms with van der Waals surface area (Å²) in [7, 11) is 0. The number of anilines is 1. The third kappa shape index (κ3) is 3.52. The maximum Gasteiger partial charge on any atom is 0.321 e. The number of rotatable bonds is 2. The Morgan fingerprint density at radius 2 is 1.92 bits per heavy atom. The first-order chi connectivity index (χ1) is 12.3. The predicted octanol–water partition coefficient (Wildman–Crippen LogP) is 3.42. The highest BCUT2D eigenvalue weighted by atomic mass is 16.2. The molecule has 3 heterocycles. The van der Waals surface area contributed by atoms with Crippen LogP contribution in [0.15, 0.2) is 30.3 Å². The SMILES string of the molecule is O=C(Nc1ccccc1)N1CCC[C@H](c2nnc3n2CCCCC3)C1. The fourth-order valence-electron chi connectivity index (χ4n) is 3.91. The maximum atomic E-state index is 12.6. The molecule has 1 fully saturated rings. The van der Waals surface area contributed by atoms with Crippen molar-refractivity contribution >= 4 is 11.7 Å². The van der Waals surface area contributed by atoms with E-state index in [9.17, 15) is 4.79 Å². The van der Waals surface area contributed by atoms with Crippen LogP contribution in [-0.2, 0) is 13.0 Å². The Morgan fingerprint density at radius 3 is 2.80 bits per heavy atom. The number of hydrogen-bond acceptors (Lipinski definition) is 3. The highest BCUT2D eigenvalue weighted by Gasteiger charge is 2.29. The number of likely N-dealkylation sites (tertiary alicyclic amines) is 1. The van der Waals surface area contributed by atoms with E-state index in [4.69, 9.17) is 0 Å². The Kier molecular flexibility index (Phi) is 4.68. The molecule has 2 amide bonds. The van der Waals surface area contributed by atoms with Gasteiger partial charge < -0.3 is 14.8 Å². The monoisotopic (exact) mass is 339 g/mol. The quantitative estimate of drug-likeness (QED) is 0.912. The third-order valence-electron chi connectivity index (χ3n) is 5.24. The molecular formula is C19H25N5O. The average molecular weight is 339 g/mol. The number of benzene rings is 1. The van der Waals surface area contributed by atoms with Gasteiger partial charge in [-0.05, 0) is 37.8 Å². The van der Waals surface area contributed by atoms with Crippen LogP contribution in [0, 0.1) is 0 Å². The minimum Gasteiger partial charge on any atom is -0.324 e. The summed E-state index contributed by atoms with van der Waals surface area (Å²) in [5, 5.41) is 11.9. The van der Waals surface area contributed by atoms with Crippen LogP contribution in [0.2, 0.25) is 0 Å². The van der Waals surface area contributed by atoms with Crippen molar-refractivity contribution in [1.29, 1.82) is 0 Å². The summed E-state index contributed by atoms with van der Waals surface area (Å²) in [6, 6.07) is 9.62. The van der Waals surface area contributed by atoms with Gasteiger partial charge in [0.25, 0.3) is 0 Å². The topological polar surface area (TPSA) is 63.1 Å². The molecule has 0 radical (unpaired) electrons. The molecule has 4 rings (SSSR count). The third-order valence-corrected chi connectivity index (χ3v) is 5.24. The second-order valence-electron chi connectivity index (χ2n) is 7.02. The molecule has 1 saturated heterocycles. The summed E-state index contributed by atoms with van der Waals surface area (Å²) in [4.78, 5) is 14.5. The van der Waals surface area contributed by atoms with Crippen LogP contribution in [-0.4, -0.2) is 38.8 Å². The van der Waals surface area contributed by atoms with Crippen molar-refractivity contribution in [3.8, 4) is 0 Å². The minimum atomic E-state index is -0.0218. The van der Waals surface area contributed by atoms with Gasteiger partial charge in [-0.3, -0.25) is 0 Å². The van der Waals surface area contributed by atoms with Gasteiger partial charge in [0.15, 0.2) is 0 Å². The van der Waals surface area contributed by atoms with Gasteiger partial charge in [0, 0.05) is 37.7 Å². The van der Waals surface area contributed by atoms with E-state index in [-0.39, 0.29) is 11.9 Å². The van der Waals surface area contributed by atoms with Crippen LogP contribution in [0.1, 0.15) is 49.7 Å². The summed E-state index contributed by atoms with van der Waals surface area (Å²) in [6.45, 7) is 2.54. The number of nitrogens with zero attached hydrogens (tertiary/aromatic N) is 4. The molecule has 6 nitrogen and oxygen atoms in total. The molecule has 2 aliphatic rings. The van der Waals surface area contributed by atoms with E-state index >= 15 is 0 Å². The van der Waals surface area contributed by atoms with E-state index < -0.39 is 0 Å². The molecule has 6 heteroatoms. The number of aromatic nitrogens is 3. The zero-order chi connectivity index (χ0) is 17.1. The van der Waals surface area contributed by atoms with Crippen molar-refractivity contribution in [3.63, 3.8) is 0 Å². The van der Waals surface area contributed by atoms with E-state index in [1.54, 1.807) is 0 Å². The van der Waals surface area contributed by atoms with Gasteiger partial charge in [-0.2, -0.15) is 0 Å². The van der Waals surface area contributed by atoms with Crippen molar-refractivity contribution in [1.82, 2.24) is 19.7 Å². The number of carbonyl (C=O) groups excluding carboxylic acids is 1. The first-order valence-corrected chi connectivity index (χ1v) is 9.34. The molecule has 0 saturated carbocycles. The number of para-hydroxylation sites is 1. The number of hydrogen-bond donors (Lipinski definition) is 1. The van der Waals surface area contributed by atoms with Gasteiger partial charge in [0.1, 0.15) is 11.6 Å². The fourth-order valence-corrected chi connectivity index (χ4v) is 3.91. The Morgan fingerprint density at radius 1 is 1.04 bits per heavy atom. The number of fused-ring (bicyclic) bond motifs is 1. The van der Waals surface area contributed by atoms with Gasteiger partial charge in [-0.1, -0.05) is 24.6 Å². The Labute approximate surface area is 148 Å². The summed E-state index contributed by atoms with van der Waals surface area (Å²) in [6.07, 6.45) is 6.77. The second-order valence-corrected chi connectivity index (χ2v) is 7.02. The van der Waals surface area contributed by atoms with Crippen LogP contribution in [0.4, 0.5) is 10.5 Å². The predicted molar refractivity (Wildman–Crippen MR) is 96.6 cm³/mol. The number of nitrogens with one attached hydrogen (secondary N) is 1. The van der Waals surface area contributed by atoms with Crippen molar-refractivity contribution in [2.45, 2.75) is 51.0 Å². The Bertz CT molecular complexity index is 727. The van der Waals surface area contributed by atoms with Crippen molar-refractivity contribution in [3.05, 3.63) is 42.0 Å². The number of urea groups is 1. The summed E-state index contributed by atoms with van der Waals surface area (Å²) in [5.41, 5.74) is 0.839. The molecule has 0 unspecified atom stereocenters. The van der Waals surface area contributed by atoms with E-state index in [1.165, 1.54) is 19.3 Å². The largest absolute Gasteiger partial charge is 0.324 e. The number of amides is 2. The van der Waals surface area contributed by atoms with Gasteiger partial charge in [-0.15, -0.1) is 10.2 Å². The van der Waals surface area contributed by atoms with Gasteiger partial charge in [0.2, 0.25) is 0 Å². The molecule has 0 bridgehead atoms. The van der Waals surface area contributed by atoms with Crippen molar-refractivity contribution in [2.24, 2.45) is 0 Å². The molecule has 2 aliphatic heterocycles. The van der Waals surface area contributed by atoms with Crippen LogP contribution in [0.3, 0.4) is 0 Å². The molecule has 1 atom stereocenters. The zero-order valence-electron chi connectivity index (χ0n) is 14.5. The highest BCUT2D eigenvalue weighted by molar-refractivity contribution is 5.89. The van der Waals surface area contributed by atoms with E-state index in [2.05, 4.69) is 20.1 Å². The highest BCUT2D eigenvalue weighted by Crippen LogP contribution is 2.28. The molecule has 1 aromatic heterocycles. The van der Waals surface area contributed by atoms with Crippen molar-refractivity contribution < 1.29 is 4.79 Å². The van der Waals surface area contributed by atoms with Crippen molar-refractivity contribution in [2.75, 3.05) is 18.4 Å². The number of aryl methyl sites for hydroxylation is 1. The summed E-state index contributed by atoms with van der Waals surface area (Å²) in [5.74, 6) is 2.49. The number of piperidine rings is 1. The molecule has 1 aromatic carbocycles. The molecule has 2 aromatic rings. The lowest BCUT2D eigenvalue weighted by Gasteiger charge is -2.32. The smallest absolute Gasteiger partial charge is 0.321 e. The lowest BCUT2D eigenvalue weighted by Crippen LogP contribution is -2.42. The van der Waals surface area contributed by atoms with Gasteiger partial charge in [-0.25, -0.2) is 4.79 Å². The zero-order valence-corrected chi connectivity index (χ0v) is 14.5. The maximum absolute atomic E-state index is 12.6. The first kappa shape index (κ1) is 16.1. The summed E-state index contributed by atoms with van der Waals surface area (Å²) < 4.78 is 2.32. The van der Waals surface area contributed by atoms with Crippen LogP contribution in [0.25, 0.3) is 0 Å². The Hall–Kier alpha value is -2.37. The lowest BCUT2D eigenvalue weighted by molar-refractivity contribution is 0.190. The molecule has 132 valence electrons. The first-order valence-electron chi connectivity index (χ1n) is 9.34. The summed E-state index contributed by atoms with van der Waals surface area (Å²) >= 11 is 0. The average Bonchev–Trinajstić information content (AvgIpc) is 2.91. The standard InChI is InChI=1S/C19H25N5O/c25-19(20-16-9-3-1-4-10-16)23-12-7-8-15(14-23)18-22-21-17-11-5-2-6-13-24(17)18/h1,3-4,9-10,15H,2,5-8,11-14H2,(H,20,25)/t15-/m0/s1. The second kappa shape index (κ2) is 7.25. The van der Waals surface area contributed by atoms with E-state index in [1.807, 2.05) is 35.2 Å². The molecule has 1 N–H and O–H groups in total. The van der Waals surface area contributed by atoms with E-state index in [0.29, 0.717) is 0 Å². The molecule has 25 heavy (non-hydrogen) atoms. The van der Waals surface area contributed by atoms with Crippen LogP contribution in [0.5, 0.6) is 0 Å². The lowest BCUT2D eigenvalue weighted by atomic mass is 9.97. The molecular weight excluding hydrogens is 314 g/mol. The van der Waals surface area contributed by atoms with E-state index in [0.717, 1.165) is 56.2 Å². The molecule has 0 aliphatic carbocycles. The van der Waals surface area contributed by atoms with Crippen LogP contribution >= 0.6 is 0 Å². The minimum absolute atomic E-state index is 0.0218. The Balaban J connectivity index is 1.46. The normalized spacial score (nSPS) is 20.6. The molecule has 0 spiro atoms. The number of carbonyl (C=O) groups is 1. The van der Waals surface area contributed by atoms with Crippen LogP contribution < -0.4 is 5.32 Å². The fraction of sp³-hybridized carbons (Fsp3) is 0.526. The van der Waals surface area contributed by atoms with Gasteiger partial charge >= 0.3 is 6.03 Å². The van der Waals surface area contributed by atoms with Gasteiger partial charge in [0.05, 0.1) is 0 Å².